The number of hydrogen-bond donors (Lipinski definition) is 1. The van der Waals surface area contributed by atoms with Crippen molar-refractivity contribution in [1.82, 2.24) is 14.8 Å². The van der Waals surface area contributed by atoms with Crippen LogP contribution in [0.15, 0.2) is 29.6 Å². The normalized spacial score (nSPS) is 19.1. The fourth-order valence-electron chi connectivity index (χ4n) is 3.57. The van der Waals surface area contributed by atoms with Crippen LogP contribution in [0.2, 0.25) is 0 Å². The number of aliphatic hydroxyl groups excluding tert-OH is 1. The molecule has 1 atom stereocenters. The Morgan fingerprint density at radius 1 is 1.26 bits per heavy atom. The van der Waals surface area contributed by atoms with Crippen LogP contribution in [0, 0.1) is 11.7 Å². The van der Waals surface area contributed by atoms with Gasteiger partial charge in [0.05, 0.1) is 12.2 Å². The molecule has 1 aliphatic heterocycles. The molecule has 1 fully saturated rings. The molecule has 1 aromatic heterocycles. The molecule has 1 N–H and O–H groups in total. The predicted octanol–water partition coefficient (Wildman–Crippen LogP) is 3.86. The number of benzene rings is 1. The molecule has 2 heterocycles. The van der Waals surface area contributed by atoms with E-state index in [0.717, 1.165) is 55.4 Å². The number of nitrogens with zero attached hydrogens (tertiary/aromatic N) is 3. The first-order chi connectivity index (χ1) is 13.0. The van der Waals surface area contributed by atoms with Crippen LogP contribution in [-0.2, 0) is 6.54 Å². The number of hydrogen-bond acceptors (Lipinski definition) is 5. The molecule has 3 rings (SSSR count). The van der Waals surface area contributed by atoms with Gasteiger partial charge >= 0.3 is 0 Å². The average Bonchev–Trinajstić information content (AvgIpc) is 3.10. The molecule has 27 heavy (non-hydrogen) atoms. The molecule has 4 nitrogen and oxygen atoms in total. The average molecular weight is 392 g/mol. The van der Waals surface area contributed by atoms with E-state index in [1.165, 1.54) is 18.6 Å². The molecule has 0 saturated carbocycles. The number of aromatic nitrogens is 1. The molecule has 0 amide bonds. The van der Waals surface area contributed by atoms with E-state index in [1.807, 2.05) is 5.38 Å². The van der Waals surface area contributed by atoms with Crippen molar-refractivity contribution in [3.63, 3.8) is 0 Å². The Bertz CT molecular complexity index is 704. The summed E-state index contributed by atoms with van der Waals surface area (Å²) in [4.78, 5) is 9.73. The smallest absolute Gasteiger partial charge is 0.123 e. The Kier molecular flexibility index (Phi) is 7.35. The van der Waals surface area contributed by atoms with Crippen LogP contribution in [0.3, 0.4) is 0 Å². The SMILES string of the molecule is CC(C)CCN1CCN(Cc2nc(-c3ccc(F)cc3)cs2)C[C@H]1CCO. The molecule has 0 aliphatic carbocycles. The second-order valence-electron chi connectivity index (χ2n) is 7.75. The van der Waals surface area contributed by atoms with Gasteiger partial charge in [0, 0.05) is 43.2 Å². The summed E-state index contributed by atoms with van der Waals surface area (Å²) in [6.07, 6.45) is 2.03. The van der Waals surface area contributed by atoms with Crippen LogP contribution in [0.1, 0.15) is 31.7 Å². The lowest BCUT2D eigenvalue weighted by Gasteiger charge is -2.41. The lowest BCUT2D eigenvalue weighted by atomic mass is 10.1. The fraction of sp³-hybridized carbons (Fsp3) is 0.571. The first kappa shape index (κ1) is 20.4. The topological polar surface area (TPSA) is 39.6 Å². The van der Waals surface area contributed by atoms with Gasteiger partial charge in [0.25, 0.3) is 0 Å². The van der Waals surface area contributed by atoms with E-state index in [-0.39, 0.29) is 12.4 Å². The molecular formula is C21H30FN3OS. The van der Waals surface area contributed by atoms with E-state index in [0.29, 0.717) is 12.0 Å². The zero-order valence-corrected chi connectivity index (χ0v) is 17.1. The van der Waals surface area contributed by atoms with Crippen molar-refractivity contribution in [2.75, 3.05) is 32.8 Å². The summed E-state index contributed by atoms with van der Waals surface area (Å²) in [5, 5.41) is 12.6. The van der Waals surface area contributed by atoms with Gasteiger partial charge in [0.1, 0.15) is 10.8 Å². The highest BCUT2D eigenvalue weighted by Gasteiger charge is 2.27. The van der Waals surface area contributed by atoms with E-state index in [4.69, 9.17) is 4.98 Å². The lowest BCUT2D eigenvalue weighted by Crippen LogP contribution is -2.53. The first-order valence-corrected chi connectivity index (χ1v) is 10.7. The van der Waals surface area contributed by atoms with Gasteiger partial charge in [-0.05, 0) is 49.6 Å². The van der Waals surface area contributed by atoms with Gasteiger partial charge < -0.3 is 5.11 Å². The monoisotopic (exact) mass is 391 g/mol. The molecular weight excluding hydrogens is 361 g/mol. The van der Waals surface area contributed by atoms with E-state index in [1.54, 1.807) is 23.5 Å². The predicted molar refractivity (Wildman–Crippen MR) is 109 cm³/mol. The van der Waals surface area contributed by atoms with Crippen molar-refractivity contribution in [3.8, 4) is 11.3 Å². The summed E-state index contributed by atoms with van der Waals surface area (Å²) < 4.78 is 13.1. The van der Waals surface area contributed by atoms with Crippen LogP contribution in [0.5, 0.6) is 0 Å². The molecule has 1 saturated heterocycles. The minimum Gasteiger partial charge on any atom is -0.396 e. The first-order valence-electron chi connectivity index (χ1n) is 9.82. The van der Waals surface area contributed by atoms with Gasteiger partial charge in [-0.25, -0.2) is 9.37 Å². The minimum absolute atomic E-state index is 0.223. The van der Waals surface area contributed by atoms with E-state index < -0.39 is 0 Å². The highest BCUT2D eigenvalue weighted by atomic mass is 32.1. The van der Waals surface area contributed by atoms with Crippen LogP contribution in [-0.4, -0.2) is 58.7 Å². The third kappa shape index (κ3) is 5.82. The summed E-state index contributed by atoms with van der Waals surface area (Å²) >= 11 is 1.66. The van der Waals surface area contributed by atoms with E-state index in [9.17, 15) is 9.50 Å². The number of piperazine rings is 1. The maximum Gasteiger partial charge on any atom is 0.123 e. The zero-order valence-electron chi connectivity index (χ0n) is 16.3. The summed E-state index contributed by atoms with van der Waals surface area (Å²) in [7, 11) is 0. The third-order valence-electron chi connectivity index (χ3n) is 5.20. The Labute approximate surface area is 165 Å². The summed E-state index contributed by atoms with van der Waals surface area (Å²) in [6, 6.07) is 6.92. The van der Waals surface area contributed by atoms with E-state index in [2.05, 4.69) is 23.6 Å². The third-order valence-corrected chi connectivity index (χ3v) is 6.03. The standard InChI is InChI=1S/C21H30FN3OS/c1-16(2)7-9-25-11-10-24(13-19(25)8-12-26)14-21-23-20(15-27-21)17-3-5-18(22)6-4-17/h3-6,15-16,19,26H,7-14H2,1-2H3/t19-/m1/s1. The Balaban J connectivity index is 1.59. The van der Waals surface area contributed by atoms with Gasteiger partial charge in [0.15, 0.2) is 0 Å². The second-order valence-corrected chi connectivity index (χ2v) is 8.70. The molecule has 6 heteroatoms. The van der Waals surface area contributed by atoms with Crippen molar-refractivity contribution in [2.45, 2.75) is 39.3 Å². The Hall–Kier alpha value is -1.34. The zero-order chi connectivity index (χ0) is 19.2. The van der Waals surface area contributed by atoms with Crippen LogP contribution in [0.4, 0.5) is 4.39 Å². The maximum atomic E-state index is 13.1. The van der Waals surface area contributed by atoms with Gasteiger partial charge in [-0.1, -0.05) is 13.8 Å². The van der Waals surface area contributed by atoms with Crippen molar-refractivity contribution < 1.29 is 9.50 Å². The van der Waals surface area contributed by atoms with Gasteiger partial charge in [0.2, 0.25) is 0 Å². The number of halogens is 1. The van der Waals surface area contributed by atoms with Crippen molar-refractivity contribution >= 4 is 11.3 Å². The van der Waals surface area contributed by atoms with E-state index >= 15 is 0 Å². The fourth-order valence-corrected chi connectivity index (χ4v) is 4.41. The van der Waals surface area contributed by atoms with Gasteiger partial charge in [-0.15, -0.1) is 11.3 Å². The van der Waals surface area contributed by atoms with Crippen molar-refractivity contribution in [3.05, 3.63) is 40.5 Å². The Morgan fingerprint density at radius 3 is 2.74 bits per heavy atom. The highest BCUT2D eigenvalue weighted by Crippen LogP contribution is 2.24. The van der Waals surface area contributed by atoms with Crippen molar-refractivity contribution in [2.24, 2.45) is 5.92 Å². The lowest BCUT2D eigenvalue weighted by molar-refractivity contribution is 0.0524. The van der Waals surface area contributed by atoms with Crippen molar-refractivity contribution in [1.29, 1.82) is 0 Å². The van der Waals surface area contributed by atoms with Crippen LogP contribution in [0.25, 0.3) is 11.3 Å². The molecule has 2 aromatic rings. The maximum absolute atomic E-state index is 13.1. The quantitative estimate of drug-likeness (QED) is 0.742. The molecule has 1 aliphatic rings. The summed E-state index contributed by atoms with van der Waals surface area (Å²) in [6.45, 7) is 9.77. The number of rotatable bonds is 8. The molecule has 0 unspecified atom stereocenters. The second kappa shape index (κ2) is 9.73. The highest BCUT2D eigenvalue weighted by molar-refractivity contribution is 7.09. The summed E-state index contributed by atoms with van der Waals surface area (Å²) in [5.74, 6) is 0.484. The summed E-state index contributed by atoms with van der Waals surface area (Å²) in [5.41, 5.74) is 1.87. The minimum atomic E-state index is -0.223. The number of aliphatic hydroxyl groups is 1. The molecule has 0 radical (unpaired) electrons. The Morgan fingerprint density at radius 2 is 2.04 bits per heavy atom. The molecule has 0 spiro atoms. The van der Waals surface area contributed by atoms with Crippen LogP contribution < -0.4 is 0 Å². The largest absolute Gasteiger partial charge is 0.396 e. The molecule has 148 valence electrons. The van der Waals surface area contributed by atoms with Crippen LogP contribution >= 0.6 is 11.3 Å². The molecule has 0 bridgehead atoms. The van der Waals surface area contributed by atoms with Gasteiger partial charge in [-0.2, -0.15) is 0 Å². The number of thiazole rings is 1. The van der Waals surface area contributed by atoms with Gasteiger partial charge in [-0.3, -0.25) is 9.80 Å². The molecule has 1 aromatic carbocycles.